The second-order valence-corrected chi connectivity index (χ2v) is 9.08. The lowest BCUT2D eigenvalue weighted by molar-refractivity contribution is -0.140. The van der Waals surface area contributed by atoms with Crippen LogP contribution in [0.4, 0.5) is 11.4 Å². The van der Waals surface area contributed by atoms with Crippen LogP contribution in [0, 0.1) is 0 Å². The number of hydrogen-bond donors (Lipinski definition) is 1. The number of ether oxygens (including phenoxy) is 1. The Balaban J connectivity index is 1.58. The predicted octanol–water partition coefficient (Wildman–Crippen LogP) is 3.29. The van der Waals surface area contributed by atoms with Crippen LogP contribution in [0.2, 0.25) is 0 Å². The van der Waals surface area contributed by atoms with Crippen LogP contribution < -0.4 is 15.1 Å². The van der Waals surface area contributed by atoms with E-state index in [9.17, 15) is 19.2 Å². The van der Waals surface area contributed by atoms with Crippen molar-refractivity contribution in [2.24, 2.45) is 0 Å². The fourth-order valence-corrected chi connectivity index (χ4v) is 4.49. The van der Waals surface area contributed by atoms with Gasteiger partial charge in [0.15, 0.2) is 0 Å². The first-order valence-corrected chi connectivity index (χ1v) is 12.6. The zero-order valence-corrected chi connectivity index (χ0v) is 21.3. The Morgan fingerprint density at radius 3 is 1.97 bits per heavy atom. The highest BCUT2D eigenvalue weighted by Crippen LogP contribution is 2.33. The van der Waals surface area contributed by atoms with Gasteiger partial charge in [0, 0.05) is 12.8 Å². The number of rotatable bonds is 9. The zero-order valence-electron chi connectivity index (χ0n) is 21.3. The summed E-state index contributed by atoms with van der Waals surface area (Å²) in [6.07, 6.45) is 1.45. The number of amides is 3. The molecule has 0 spiro atoms. The largest absolute Gasteiger partial charge is 0.468 e. The van der Waals surface area contributed by atoms with E-state index in [-0.39, 0.29) is 37.7 Å². The van der Waals surface area contributed by atoms with E-state index >= 15 is 0 Å². The Hall–Kier alpha value is -4.46. The third-order valence-electron chi connectivity index (χ3n) is 6.50. The van der Waals surface area contributed by atoms with Gasteiger partial charge in [0.25, 0.3) is 5.91 Å². The second-order valence-electron chi connectivity index (χ2n) is 9.08. The highest BCUT2D eigenvalue weighted by atomic mass is 16.5. The minimum absolute atomic E-state index is 0.0434. The van der Waals surface area contributed by atoms with Crippen molar-refractivity contribution in [3.63, 3.8) is 0 Å². The van der Waals surface area contributed by atoms with Crippen molar-refractivity contribution < 1.29 is 23.9 Å². The SMILES string of the molecule is COC(=O)CN1C(=O)C(NC(=O)CCc2ccccc2)CN(C(=O)CCc2ccccc2)c2ccccc21. The monoisotopic (exact) mass is 513 g/mol. The van der Waals surface area contributed by atoms with Crippen LogP contribution in [0.15, 0.2) is 84.9 Å². The molecule has 0 bridgehead atoms. The number of carbonyl (C=O) groups excluding carboxylic acids is 4. The summed E-state index contributed by atoms with van der Waals surface area (Å²) >= 11 is 0. The highest BCUT2D eigenvalue weighted by molar-refractivity contribution is 6.09. The fourth-order valence-electron chi connectivity index (χ4n) is 4.49. The molecule has 0 saturated heterocycles. The minimum atomic E-state index is -1.03. The first kappa shape index (κ1) is 26.6. The van der Waals surface area contributed by atoms with Gasteiger partial charge in [-0.3, -0.25) is 24.1 Å². The Morgan fingerprint density at radius 1 is 0.816 bits per heavy atom. The molecule has 3 aromatic rings. The average molecular weight is 514 g/mol. The molecular weight excluding hydrogens is 482 g/mol. The van der Waals surface area contributed by atoms with Gasteiger partial charge in [-0.1, -0.05) is 72.8 Å². The summed E-state index contributed by atoms with van der Waals surface area (Å²) in [6, 6.07) is 25.2. The molecule has 0 aromatic heterocycles. The molecule has 1 atom stereocenters. The van der Waals surface area contributed by atoms with E-state index in [1.54, 1.807) is 24.3 Å². The molecule has 3 amide bonds. The smallest absolute Gasteiger partial charge is 0.325 e. The summed E-state index contributed by atoms with van der Waals surface area (Å²) in [6.45, 7) is -0.382. The fraction of sp³-hybridized carbons (Fsp3) is 0.267. The van der Waals surface area contributed by atoms with Crippen molar-refractivity contribution in [1.82, 2.24) is 5.32 Å². The van der Waals surface area contributed by atoms with Gasteiger partial charge in [0.05, 0.1) is 25.0 Å². The maximum atomic E-state index is 13.7. The molecule has 8 heteroatoms. The second kappa shape index (κ2) is 12.7. The Labute approximate surface area is 222 Å². The van der Waals surface area contributed by atoms with E-state index in [4.69, 9.17) is 4.74 Å². The number of methoxy groups -OCH3 is 1. The molecule has 196 valence electrons. The third kappa shape index (κ3) is 6.64. The number of para-hydroxylation sites is 2. The van der Waals surface area contributed by atoms with Gasteiger partial charge < -0.3 is 15.0 Å². The Morgan fingerprint density at radius 2 is 1.37 bits per heavy atom. The number of benzene rings is 3. The molecule has 1 unspecified atom stereocenters. The number of carbonyl (C=O) groups is 4. The first-order valence-electron chi connectivity index (χ1n) is 12.6. The lowest BCUT2D eigenvalue weighted by Crippen LogP contribution is -2.53. The van der Waals surface area contributed by atoms with Gasteiger partial charge >= 0.3 is 5.97 Å². The van der Waals surface area contributed by atoms with E-state index in [0.29, 0.717) is 24.2 Å². The van der Waals surface area contributed by atoms with E-state index in [2.05, 4.69) is 5.32 Å². The summed E-state index contributed by atoms with van der Waals surface area (Å²) < 4.78 is 4.82. The summed E-state index contributed by atoms with van der Waals surface area (Å²) in [7, 11) is 1.25. The van der Waals surface area contributed by atoms with Crippen LogP contribution in [0.25, 0.3) is 0 Å². The number of fused-ring (bicyclic) bond motifs is 1. The molecular formula is C30H31N3O5. The standard InChI is InChI=1S/C30H31N3O5/c1-38-29(36)21-33-26-15-9-8-14-25(26)32(28(35)19-17-23-12-6-3-7-13-23)20-24(30(33)37)31-27(34)18-16-22-10-4-2-5-11-22/h2-15,24H,16-21H2,1H3,(H,31,34). The van der Waals surface area contributed by atoms with Gasteiger partial charge in [-0.25, -0.2) is 0 Å². The van der Waals surface area contributed by atoms with Crippen LogP contribution in [0.5, 0.6) is 0 Å². The molecule has 3 aromatic carbocycles. The highest BCUT2D eigenvalue weighted by Gasteiger charge is 2.37. The lowest BCUT2D eigenvalue weighted by atomic mass is 10.1. The Bertz CT molecular complexity index is 1280. The van der Waals surface area contributed by atoms with Crippen molar-refractivity contribution in [2.45, 2.75) is 31.7 Å². The number of nitrogens with zero attached hydrogens (tertiary/aromatic N) is 2. The molecule has 1 N–H and O–H groups in total. The number of hydrogen-bond acceptors (Lipinski definition) is 5. The normalized spacial score (nSPS) is 14.9. The number of aryl methyl sites for hydroxylation is 2. The number of nitrogens with one attached hydrogen (secondary N) is 1. The van der Waals surface area contributed by atoms with Crippen molar-refractivity contribution >= 4 is 35.1 Å². The maximum Gasteiger partial charge on any atom is 0.325 e. The summed E-state index contributed by atoms with van der Waals surface area (Å²) in [5, 5.41) is 2.82. The molecule has 0 saturated carbocycles. The topological polar surface area (TPSA) is 96.0 Å². The van der Waals surface area contributed by atoms with Crippen molar-refractivity contribution in [3.05, 3.63) is 96.1 Å². The van der Waals surface area contributed by atoms with Gasteiger partial charge in [-0.05, 0) is 36.1 Å². The molecule has 0 aliphatic carbocycles. The van der Waals surface area contributed by atoms with Crippen LogP contribution >= 0.6 is 0 Å². The molecule has 1 heterocycles. The van der Waals surface area contributed by atoms with Gasteiger partial charge in [-0.2, -0.15) is 0 Å². The van der Waals surface area contributed by atoms with E-state index < -0.39 is 17.9 Å². The summed E-state index contributed by atoms with van der Waals surface area (Å²) in [5.41, 5.74) is 2.95. The third-order valence-corrected chi connectivity index (χ3v) is 6.50. The molecule has 1 aliphatic heterocycles. The molecule has 0 radical (unpaired) electrons. The predicted molar refractivity (Wildman–Crippen MR) is 145 cm³/mol. The minimum Gasteiger partial charge on any atom is -0.468 e. The van der Waals surface area contributed by atoms with Crippen LogP contribution in [0.3, 0.4) is 0 Å². The molecule has 38 heavy (non-hydrogen) atoms. The van der Waals surface area contributed by atoms with Gasteiger partial charge in [0.2, 0.25) is 11.8 Å². The molecule has 1 aliphatic rings. The van der Waals surface area contributed by atoms with Crippen molar-refractivity contribution in [1.29, 1.82) is 0 Å². The zero-order chi connectivity index (χ0) is 26.9. The lowest BCUT2D eigenvalue weighted by Gasteiger charge is -2.25. The van der Waals surface area contributed by atoms with Gasteiger partial charge in [0.1, 0.15) is 12.6 Å². The Kier molecular flexibility index (Phi) is 8.87. The molecule has 4 rings (SSSR count). The van der Waals surface area contributed by atoms with Gasteiger partial charge in [-0.15, -0.1) is 0 Å². The molecule has 8 nitrogen and oxygen atoms in total. The van der Waals surface area contributed by atoms with E-state index in [1.807, 2.05) is 60.7 Å². The average Bonchev–Trinajstić information content (AvgIpc) is 3.06. The van der Waals surface area contributed by atoms with E-state index in [1.165, 1.54) is 16.9 Å². The number of anilines is 2. The van der Waals surface area contributed by atoms with Crippen LogP contribution in [0.1, 0.15) is 24.0 Å². The van der Waals surface area contributed by atoms with Crippen LogP contribution in [-0.4, -0.2) is 49.9 Å². The summed E-state index contributed by atoms with van der Waals surface area (Å²) in [4.78, 5) is 55.2. The first-order chi connectivity index (χ1) is 18.5. The van der Waals surface area contributed by atoms with Crippen LogP contribution in [-0.2, 0) is 36.8 Å². The maximum absolute atomic E-state index is 13.7. The quantitative estimate of drug-likeness (QED) is 0.443. The number of esters is 1. The van der Waals surface area contributed by atoms with Crippen molar-refractivity contribution in [3.8, 4) is 0 Å². The molecule has 0 fully saturated rings. The summed E-state index contributed by atoms with van der Waals surface area (Å²) in [5.74, 6) is -1.58. The van der Waals surface area contributed by atoms with Crippen molar-refractivity contribution in [2.75, 3.05) is 30.0 Å². The van der Waals surface area contributed by atoms with E-state index in [0.717, 1.165) is 11.1 Å².